The Morgan fingerprint density at radius 3 is 2.12 bits per heavy atom. The van der Waals surface area contributed by atoms with Crippen molar-refractivity contribution in [3.8, 4) is 0 Å². The van der Waals surface area contributed by atoms with Crippen LogP contribution in [0.25, 0.3) is 6.08 Å². The van der Waals surface area contributed by atoms with Crippen molar-refractivity contribution >= 4 is 12.0 Å². The van der Waals surface area contributed by atoms with E-state index in [0.29, 0.717) is 12.3 Å². The van der Waals surface area contributed by atoms with Gasteiger partial charge < -0.3 is 9.73 Å². The minimum absolute atomic E-state index is 0.115. The summed E-state index contributed by atoms with van der Waals surface area (Å²) in [6.45, 7) is 0.607. The largest absolute Gasteiger partial charge is 0.465 e. The standard InChI is InChI=1S/C22H21NO2/c24-22(14-13-20-12-7-17-25-20)23-16-15-21(18-8-3-1-4-9-18)19-10-5-2-6-11-19/h1-14,17,21H,15-16H2,(H,23,24). The molecule has 1 N–H and O–H groups in total. The number of carbonyl (C=O) groups is 1. The summed E-state index contributed by atoms with van der Waals surface area (Å²) < 4.78 is 5.18. The molecule has 0 bridgehead atoms. The highest BCUT2D eigenvalue weighted by atomic mass is 16.3. The first-order chi connectivity index (χ1) is 12.3. The quantitative estimate of drug-likeness (QED) is 0.641. The first-order valence-corrected chi connectivity index (χ1v) is 8.42. The van der Waals surface area contributed by atoms with E-state index >= 15 is 0 Å². The van der Waals surface area contributed by atoms with Crippen molar-refractivity contribution in [1.29, 1.82) is 0 Å². The lowest BCUT2D eigenvalue weighted by Crippen LogP contribution is -2.23. The zero-order valence-corrected chi connectivity index (χ0v) is 14.0. The molecule has 3 nitrogen and oxygen atoms in total. The fraction of sp³-hybridized carbons (Fsp3) is 0.136. The third-order valence-corrected chi connectivity index (χ3v) is 4.08. The monoisotopic (exact) mass is 331 g/mol. The van der Waals surface area contributed by atoms with E-state index in [9.17, 15) is 4.79 Å². The summed E-state index contributed by atoms with van der Waals surface area (Å²) in [5, 5.41) is 2.95. The summed E-state index contributed by atoms with van der Waals surface area (Å²) in [5.74, 6) is 0.814. The van der Waals surface area contributed by atoms with Crippen molar-refractivity contribution in [1.82, 2.24) is 5.32 Å². The molecular formula is C22H21NO2. The maximum atomic E-state index is 12.0. The lowest BCUT2D eigenvalue weighted by atomic mass is 9.88. The molecule has 0 saturated carbocycles. The van der Waals surface area contributed by atoms with Gasteiger partial charge in [-0.3, -0.25) is 4.79 Å². The predicted octanol–water partition coefficient (Wildman–Crippen LogP) is 4.63. The molecule has 2 aromatic carbocycles. The molecular weight excluding hydrogens is 310 g/mol. The van der Waals surface area contributed by atoms with Crippen LogP contribution in [0, 0.1) is 0 Å². The maximum Gasteiger partial charge on any atom is 0.244 e. The molecule has 0 saturated heterocycles. The van der Waals surface area contributed by atoms with E-state index in [2.05, 4.69) is 53.8 Å². The van der Waals surface area contributed by atoms with Crippen LogP contribution in [-0.4, -0.2) is 12.5 Å². The predicted molar refractivity (Wildman–Crippen MR) is 100 cm³/mol. The highest BCUT2D eigenvalue weighted by molar-refractivity contribution is 5.91. The Labute approximate surface area is 148 Å². The van der Waals surface area contributed by atoms with Crippen LogP contribution in [0.15, 0.2) is 89.6 Å². The molecule has 0 aliphatic heterocycles. The van der Waals surface area contributed by atoms with Gasteiger partial charge in [0.1, 0.15) is 5.76 Å². The second-order valence-electron chi connectivity index (χ2n) is 5.80. The Morgan fingerprint density at radius 2 is 1.56 bits per heavy atom. The summed E-state index contributed by atoms with van der Waals surface area (Å²) in [6.07, 6.45) is 5.59. The molecule has 1 amide bonds. The summed E-state index contributed by atoms with van der Waals surface area (Å²) in [5.41, 5.74) is 2.52. The lowest BCUT2D eigenvalue weighted by Gasteiger charge is -2.18. The highest BCUT2D eigenvalue weighted by Crippen LogP contribution is 2.27. The summed E-state index contributed by atoms with van der Waals surface area (Å²) in [6, 6.07) is 24.4. The zero-order valence-electron chi connectivity index (χ0n) is 14.0. The number of nitrogens with one attached hydrogen (secondary N) is 1. The number of benzene rings is 2. The van der Waals surface area contributed by atoms with E-state index in [1.54, 1.807) is 18.4 Å². The molecule has 1 heterocycles. The van der Waals surface area contributed by atoms with Gasteiger partial charge in [-0.2, -0.15) is 0 Å². The van der Waals surface area contributed by atoms with Crippen LogP contribution in [0.2, 0.25) is 0 Å². The Kier molecular flexibility index (Phi) is 5.83. The van der Waals surface area contributed by atoms with Crippen LogP contribution in [0.5, 0.6) is 0 Å². The lowest BCUT2D eigenvalue weighted by molar-refractivity contribution is -0.116. The molecule has 1 aromatic heterocycles. The summed E-state index contributed by atoms with van der Waals surface area (Å²) >= 11 is 0. The normalized spacial score (nSPS) is 11.1. The average Bonchev–Trinajstić information content (AvgIpc) is 3.19. The van der Waals surface area contributed by atoms with E-state index in [1.807, 2.05) is 18.2 Å². The van der Waals surface area contributed by atoms with Crippen LogP contribution < -0.4 is 5.32 Å². The highest BCUT2D eigenvalue weighted by Gasteiger charge is 2.13. The number of hydrogen-bond acceptors (Lipinski definition) is 2. The molecule has 3 rings (SSSR count). The van der Waals surface area contributed by atoms with Gasteiger partial charge in [0.05, 0.1) is 6.26 Å². The number of carbonyl (C=O) groups excluding carboxylic acids is 1. The van der Waals surface area contributed by atoms with Gasteiger partial charge in [-0.15, -0.1) is 0 Å². The number of furan rings is 1. The van der Waals surface area contributed by atoms with Gasteiger partial charge in [-0.1, -0.05) is 60.7 Å². The first-order valence-electron chi connectivity index (χ1n) is 8.42. The van der Waals surface area contributed by atoms with Crippen molar-refractivity contribution < 1.29 is 9.21 Å². The number of amides is 1. The van der Waals surface area contributed by atoms with Crippen molar-refractivity contribution in [2.75, 3.05) is 6.54 Å². The molecule has 0 aliphatic carbocycles. The molecule has 0 atom stereocenters. The van der Waals surface area contributed by atoms with Crippen molar-refractivity contribution in [2.24, 2.45) is 0 Å². The molecule has 126 valence electrons. The second kappa shape index (κ2) is 8.69. The van der Waals surface area contributed by atoms with Crippen molar-refractivity contribution in [3.05, 3.63) is 102 Å². The molecule has 25 heavy (non-hydrogen) atoms. The van der Waals surface area contributed by atoms with Crippen LogP contribution in [0.3, 0.4) is 0 Å². The van der Waals surface area contributed by atoms with Crippen LogP contribution in [0.4, 0.5) is 0 Å². The van der Waals surface area contributed by atoms with E-state index in [0.717, 1.165) is 6.42 Å². The molecule has 0 spiro atoms. The average molecular weight is 331 g/mol. The van der Waals surface area contributed by atoms with Crippen LogP contribution >= 0.6 is 0 Å². The molecule has 3 heteroatoms. The topological polar surface area (TPSA) is 42.2 Å². The first kappa shape index (κ1) is 16.8. The van der Waals surface area contributed by atoms with Crippen molar-refractivity contribution in [3.63, 3.8) is 0 Å². The van der Waals surface area contributed by atoms with E-state index in [-0.39, 0.29) is 11.8 Å². The maximum absolute atomic E-state index is 12.0. The van der Waals surface area contributed by atoms with E-state index in [1.165, 1.54) is 17.2 Å². The Balaban J connectivity index is 1.60. The fourth-order valence-electron chi connectivity index (χ4n) is 2.84. The molecule has 0 unspecified atom stereocenters. The van der Waals surface area contributed by atoms with Gasteiger partial charge in [0.25, 0.3) is 0 Å². The van der Waals surface area contributed by atoms with Gasteiger partial charge in [0.15, 0.2) is 0 Å². The van der Waals surface area contributed by atoms with Crippen LogP contribution in [-0.2, 0) is 4.79 Å². The van der Waals surface area contributed by atoms with Gasteiger partial charge in [-0.05, 0) is 35.8 Å². The summed E-state index contributed by atoms with van der Waals surface area (Å²) in [4.78, 5) is 12.0. The van der Waals surface area contributed by atoms with Gasteiger partial charge in [0.2, 0.25) is 5.91 Å². The van der Waals surface area contributed by atoms with Gasteiger partial charge in [-0.25, -0.2) is 0 Å². The van der Waals surface area contributed by atoms with Gasteiger partial charge >= 0.3 is 0 Å². The molecule has 0 radical (unpaired) electrons. The zero-order chi connectivity index (χ0) is 17.3. The van der Waals surface area contributed by atoms with E-state index < -0.39 is 0 Å². The summed E-state index contributed by atoms with van der Waals surface area (Å²) in [7, 11) is 0. The van der Waals surface area contributed by atoms with E-state index in [4.69, 9.17) is 4.42 Å². The Bertz CT molecular complexity index is 753. The second-order valence-corrected chi connectivity index (χ2v) is 5.80. The molecule has 0 aliphatic rings. The molecule has 3 aromatic rings. The van der Waals surface area contributed by atoms with Crippen molar-refractivity contribution in [2.45, 2.75) is 12.3 Å². The minimum Gasteiger partial charge on any atom is -0.465 e. The third-order valence-electron chi connectivity index (χ3n) is 4.08. The number of hydrogen-bond donors (Lipinski definition) is 1. The minimum atomic E-state index is -0.115. The molecule has 0 fully saturated rings. The number of rotatable bonds is 7. The Hall–Kier alpha value is -3.07. The van der Waals surface area contributed by atoms with Gasteiger partial charge in [0, 0.05) is 18.5 Å². The fourth-order valence-corrected chi connectivity index (χ4v) is 2.84. The smallest absolute Gasteiger partial charge is 0.244 e. The third kappa shape index (κ3) is 4.95. The van der Waals surface area contributed by atoms with Crippen LogP contribution in [0.1, 0.15) is 29.2 Å². The SMILES string of the molecule is O=C(C=Cc1ccco1)NCCC(c1ccccc1)c1ccccc1. The Morgan fingerprint density at radius 1 is 0.920 bits per heavy atom.